The average Bonchev–Trinajstić information content (AvgIpc) is 2.38. The summed E-state index contributed by atoms with van der Waals surface area (Å²) in [6.45, 7) is 1.53. The summed E-state index contributed by atoms with van der Waals surface area (Å²) in [5, 5.41) is 9.36. The van der Waals surface area contributed by atoms with Crippen molar-refractivity contribution in [1.82, 2.24) is 4.90 Å². The molecule has 1 aliphatic rings. The Morgan fingerprint density at radius 3 is 3.12 bits per heavy atom. The van der Waals surface area contributed by atoms with Gasteiger partial charge in [-0.1, -0.05) is 6.07 Å². The largest absolute Gasteiger partial charge is 0.508 e. The molecule has 1 N–H and O–H groups in total. The number of carbonyl (C=O) groups is 1. The van der Waals surface area contributed by atoms with Crippen LogP contribution in [0.5, 0.6) is 5.75 Å². The Morgan fingerprint density at radius 2 is 2.41 bits per heavy atom. The third-order valence-corrected chi connectivity index (χ3v) is 3.12. The van der Waals surface area contributed by atoms with Crippen LogP contribution in [0.2, 0.25) is 0 Å². The zero-order valence-electron chi connectivity index (χ0n) is 9.30. The number of nitrogens with zero attached hydrogens (tertiary/aromatic N) is 1. The van der Waals surface area contributed by atoms with E-state index in [1.807, 2.05) is 0 Å². The highest BCUT2D eigenvalue weighted by molar-refractivity contribution is 6.18. The van der Waals surface area contributed by atoms with Gasteiger partial charge in [-0.3, -0.25) is 4.79 Å². The number of ether oxygens (including phenoxy) is 1. The fourth-order valence-corrected chi connectivity index (χ4v) is 2.11. The zero-order chi connectivity index (χ0) is 12.3. The normalized spacial score (nSPS) is 20.3. The van der Waals surface area contributed by atoms with Crippen LogP contribution in [0.15, 0.2) is 24.3 Å². The molecule has 1 atom stereocenters. The topological polar surface area (TPSA) is 49.8 Å². The maximum absolute atomic E-state index is 12.2. The minimum absolute atomic E-state index is 0.0894. The first-order valence-electron chi connectivity index (χ1n) is 5.46. The third kappa shape index (κ3) is 2.70. The lowest BCUT2D eigenvalue weighted by molar-refractivity contribution is 0.00455. The van der Waals surface area contributed by atoms with Gasteiger partial charge in [0, 0.05) is 18.0 Å². The lowest BCUT2D eigenvalue weighted by Gasteiger charge is -2.34. The summed E-state index contributed by atoms with van der Waals surface area (Å²) in [7, 11) is 0. The number of alkyl halides is 1. The zero-order valence-corrected chi connectivity index (χ0v) is 10.1. The molecule has 1 saturated heterocycles. The van der Waals surface area contributed by atoms with Gasteiger partial charge in [-0.25, -0.2) is 0 Å². The number of hydrogen-bond acceptors (Lipinski definition) is 3. The van der Waals surface area contributed by atoms with Gasteiger partial charge >= 0.3 is 0 Å². The van der Waals surface area contributed by atoms with Crippen molar-refractivity contribution in [3.8, 4) is 5.75 Å². The van der Waals surface area contributed by atoms with E-state index in [1.54, 1.807) is 17.0 Å². The highest BCUT2D eigenvalue weighted by atomic mass is 35.5. The summed E-state index contributed by atoms with van der Waals surface area (Å²) in [6.07, 6.45) is 0. The number of morpholine rings is 1. The quantitative estimate of drug-likeness (QED) is 0.815. The standard InChI is InChI=1S/C12H14ClNO3/c13-7-10-8-17-5-4-14(10)12(16)9-2-1-3-11(15)6-9/h1-3,6,10,15H,4-5,7-8H2. The minimum Gasteiger partial charge on any atom is -0.508 e. The minimum atomic E-state index is -0.116. The summed E-state index contributed by atoms with van der Waals surface area (Å²) in [5.41, 5.74) is 0.474. The van der Waals surface area contributed by atoms with E-state index in [0.717, 1.165) is 0 Å². The molecule has 1 heterocycles. The van der Waals surface area contributed by atoms with Crippen molar-refractivity contribution in [1.29, 1.82) is 0 Å². The first kappa shape index (κ1) is 12.2. The number of hydrogen-bond donors (Lipinski definition) is 1. The molecule has 17 heavy (non-hydrogen) atoms. The first-order valence-corrected chi connectivity index (χ1v) is 5.99. The maximum atomic E-state index is 12.2. The van der Waals surface area contributed by atoms with Crippen molar-refractivity contribution in [2.45, 2.75) is 6.04 Å². The molecule has 1 unspecified atom stereocenters. The van der Waals surface area contributed by atoms with Gasteiger partial charge in [0.15, 0.2) is 0 Å². The molecule has 1 aromatic rings. The van der Waals surface area contributed by atoms with Gasteiger partial charge in [0.25, 0.3) is 5.91 Å². The number of aromatic hydroxyl groups is 1. The molecule has 0 saturated carbocycles. The molecule has 0 aliphatic carbocycles. The SMILES string of the molecule is O=C(c1cccc(O)c1)N1CCOCC1CCl. The predicted molar refractivity (Wildman–Crippen MR) is 64.5 cm³/mol. The molecule has 2 rings (SSSR count). The van der Waals surface area contributed by atoms with Crippen LogP contribution in [0.25, 0.3) is 0 Å². The van der Waals surface area contributed by atoms with E-state index in [0.29, 0.717) is 31.2 Å². The Hall–Kier alpha value is -1.26. The Balaban J connectivity index is 2.18. The van der Waals surface area contributed by atoms with Gasteiger partial charge in [-0.05, 0) is 18.2 Å². The van der Waals surface area contributed by atoms with Crippen LogP contribution in [-0.4, -0.2) is 47.6 Å². The number of benzene rings is 1. The van der Waals surface area contributed by atoms with E-state index in [4.69, 9.17) is 16.3 Å². The second-order valence-corrected chi connectivity index (χ2v) is 4.24. The molecule has 0 radical (unpaired) electrons. The summed E-state index contributed by atoms with van der Waals surface area (Å²) < 4.78 is 5.29. The first-order chi connectivity index (χ1) is 8.22. The van der Waals surface area contributed by atoms with Crippen LogP contribution < -0.4 is 0 Å². The summed E-state index contributed by atoms with van der Waals surface area (Å²) in [4.78, 5) is 13.9. The van der Waals surface area contributed by atoms with Gasteiger partial charge in [0.1, 0.15) is 5.75 Å². The van der Waals surface area contributed by atoms with Crippen molar-refractivity contribution >= 4 is 17.5 Å². The van der Waals surface area contributed by atoms with Crippen LogP contribution >= 0.6 is 11.6 Å². The molecule has 0 bridgehead atoms. The fourth-order valence-electron chi connectivity index (χ4n) is 1.85. The monoisotopic (exact) mass is 255 g/mol. The second kappa shape index (κ2) is 5.38. The summed E-state index contributed by atoms with van der Waals surface area (Å²) in [6, 6.07) is 6.24. The third-order valence-electron chi connectivity index (χ3n) is 2.76. The smallest absolute Gasteiger partial charge is 0.254 e. The molecule has 1 aromatic carbocycles. The number of halogens is 1. The van der Waals surface area contributed by atoms with Crippen molar-refractivity contribution < 1.29 is 14.6 Å². The lowest BCUT2D eigenvalue weighted by Crippen LogP contribution is -2.49. The van der Waals surface area contributed by atoms with Gasteiger partial charge < -0.3 is 14.7 Å². The van der Waals surface area contributed by atoms with E-state index >= 15 is 0 Å². The van der Waals surface area contributed by atoms with Crippen LogP contribution in [-0.2, 0) is 4.74 Å². The molecule has 1 aliphatic heterocycles. The van der Waals surface area contributed by atoms with E-state index < -0.39 is 0 Å². The molecule has 0 aromatic heterocycles. The molecular weight excluding hydrogens is 242 g/mol. The van der Waals surface area contributed by atoms with Crippen LogP contribution in [0.1, 0.15) is 10.4 Å². The number of phenols is 1. The Kier molecular flexibility index (Phi) is 3.86. The Labute approximate surface area is 105 Å². The number of rotatable bonds is 2. The number of amides is 1. The molecule has 92 valence electrons. The highest BCUT2D eigenvalue weighted by Crippen LogP contribution is 2.17. The molecular formula is C12H14ClNO3. The van der Waals surface area contributed by atoms with Crippen molar-refractivity contribution in [3.63, 3.8) is 0 Å². The molecule has 1 fully saturated rings. The van der Waals surface area contributed by atoms with Gasteiger partial charge in [-0.15, -0.1) is 11.6 Å². The van der Waals surface area contributed by atoms with Crippen molar-refractivity contribution in [2.75, 3.05) is 25.6 Å². The Morgan fingerprint density at radius 1 is 1.59 bits per heavy atom. The number of phenolic OH excluding ortho intramolecular Hbond substituents is 1. The summed E-state index contributed by atoms with van der Waals surface area (Å²) >= 11 is 5.81. The molecule has 0 spiro atoms. The van der Waals surface area contributed by atoms with E-state index in [1.165, 1.54) is 12.1 Å². The van der Waals surface area contributed by atoms with Gasteiger partial charge in [0.05, 0.1) is 19.3 Å². The van der Waals surface area contributed by atoms with Crippen LogP contribution in [0.3, 0.4) is 0 Å². The second-order valence-electron chi connectivity index (χ2n) is 3.93. The highest BCUT2D eigenvalue weighted by Gasteiger charge is 2.27. The van der Waals surface area contributed by atoms with Gasteiger partial charge in [0.2, 0.25) is 0 Å². The Bertz CT molecular complexity index is 410. The van der Waals surface area contributed by atoms with E-state index in [2.05, 4.69) is 0 Å². The van der Waals surface area contributed by atoms with E-state index in [9.17, 15) is 9.90 Å². The van der Waals surface area contributed by atoms with Crippen LogP contribution in [0.4, 0.5) is 0 Å². The lowest BCUT2D eigenvalue weighted by atomic mass is 10.1. The molecule has 5 heteroatoms. The molecule has 1 amide bonds. The van der Waals surface area contributed by atoms with Crippen LogP contribution in [0, 0.1) is 0 Å². The number of carbonyl (C=O) groups excluding carboxylic acids is 1. The maximum Gasteiger partial charge on any atom is 0.254 e. The predicted octanol–water partition coefficient (Wildman–Crippen LogP) is 1.47. The van der Waals surface area contributed by atoms with Crippen molar-refractivity contribution in [2.24, 2.45) is 0 Å². The average molecular weight is 256 g/mol. The van der Waals surface area contributed by atoms with Gasteiger partial charge in [-0.2, -0.15) is 0 Å². The molecule has 4 nitrogen and oxygen atoms in total. The summed E-state index contributed by atoms with van der Waals surface area (Å²) in [5.74, 6) is 0.325. The fraction of sp³-hybridized carbons (Fsp3) is 0.417. The van der Waals surface area contributed by atoms with E-state index in [-0.39, 0.29) is 17.7 Å². The van der Waals surface area contributed by atoms with Crippen molar-refractivity contribution in [3.05, 3.63) is 29.8 Å².